The van der Waals surface area contributed by atoms with Crippen molar-refractivity contribution >= 4 is 5.91 Å². The molecule has 0 spiro atoms. The maximum absolute atomic E-state index is 11.5. The molecule has 3 atom stereocenters. The molecule has 1 N–H and O–H groups in total. The van der Waals surface area contributed by atoms with Crippen LogP contribution >= 0.6 is 0 Å². The zero-order valence-electron chi connectivity index (χ0n) is 9.36. The molecule has 2 aliphatic rings. The third kappa shape index (κ3) is 1.62. The van der Waals surface area contributed by atoms with E-state index in [1.165, 1.54) is 24.8 Å². The van der Waals surface area contributed by atoms with Crippen LogP contribution in [0.5, 0.6) is 0 Å². The summed E-state index contributed by atoms with van der Waals surface area (Å²) < 4.78 is 0. The summed E-state index contributed by atoms with van der Waals surface area (Å²) in [5.74, 6) is 1.36. The van der Waals surface area contributed by atoms with Crippen molar-refractivity contribution in [3.63, 3.8) is 0 Å². The van der Waals surface area contributed by atoms with Crippen LogP contribution in [0, 0.1) is 5.92 Å². The monoisotopic (exact) mass is 215 g/mol. The SMILES string of the molecule is O=C1C[C@H]2CCC[C@@H](c3ccccc3)[C@H]2N1. The second kappa shape index (κ2) is 3.93. The first kappa shape index (κ1) is 9.88. The molecule has 1 aromatic carbocycles. The van der Waals surface area contributed by atoms with E-state index in [1.54, 1.807) is 0 Å². The number of fused-ring (bicyclic) bond motifs is 1. The first-order chi connectivity index (χ1) is 7.84. The molecular formula is C14H17NO. The summed E-state index contributed by atoms with van der Waals surface area (Å²) in [6.07, 6.45) is 4.43. The van der Waals surface area contributed by atoms with Crippen molar-refractivity contribution in [1.82, 2.24) is 5.32 Å². The minimum Gasteiger partial charge on any atom is -0.352 e. The molecule has 84 valence electrons. The van der Waals surface area contributed by atoms with Gasteiger partial charge < -0.3 is 5.32 Å². The predicted molar refractivity (Wildman–Crippen MR) is 63.1 cm³/mol. The lowest BCUT2D eigenvalue weighted by Gasteiger charge is -2.33. The van der Waals surface area contributed by atoms with Crippen LogP contribution in [0.1, 0.15) is 37.2 Å². The zero-order chi connectivity index (χ0) is 11.0. The molecule has 1 aromatic rings. The number of rotatable bonds is 1. The fourth-order valence-corrected chi connectivity index (χ4v) is 3.29. The molecule has 0 radical (unpaired) electrons. The zero-order valence-corrected chi connectivity index (χ0v) is 9.36. The van der Waals surface area contributed by atoms with Crippen LogP contribution in [0.15, 0.2) is 30.3 Å². The molecule has 1 saturated heterocycles. The second-order valence-electron chi connectivity index (χ2n) is 5.01. The van der Waals surface area contributed by atoms with Gasteiger partial charge in [0.2, 0.25) is 5.91 Å². The van der Waals surface area contributed by atoms with Gasteiger partial charge in [0, 0.05) is 18.4 Å². The molecule has 0 aromatic heterocycles. The first-order valence-electron chi connectivity index (χ1n) is 6.19. The Balaban J connectivity index is 1.87. The van der Waals surface area contributed by atoms with Crippen LogP contribution < -0.4 is 5.32 Å². The van der Waals surface area contributed by atoms with Gasteiger partial charge in [-0.05, 0) is 24.3 Å². The van der Waals surface area contributed by atoms with Gasteiger partial charge in [0.15, 0.2) is 0 Å². The van der Waals surface area contributed by atoms with E-state index < -0.39 is 0 Å². The lowest BCUT2D eigenvalue weighted by Crippen LogP contribution is -2.37. The number of amides is 1. The number of nitrogens with one attached hydrogen (secondary N) is 1. The van der Waals surface area contributed by atoms with Gasteiger partial charge in [0.25, 0.3) is 0 Å². The fourth-order valence-electron chi connectivity index (χ4n) is 3.29. The smallest absolute Gasteiger partial charge is 0.220 e. The maximum Gasteiger partial charge on any atom is 0.220 e. The summed E-state index contributed by atoms with van der Waals surface area (Å²) in [4.78, 5) is 11.5. The Morgan fingerprint density at radius 3 is 2.75 bits per heavy atom. The van der Waals surface area contributed by atoms with Gasteiger partial charge in [-0.25, -0.2) is 0 Å². The highest BCUT2D eigenvalue weighted by molar-refractivity contribution is 5.79. The van der Waals surface area contributed by atoms with Crippen molar-refractivity contribution in [3.05, 3.63) is 35.9 Å². The Labute approximate surface area is 96.1 Å². The normalized spacial score (nSPS) is 33.2. The number of hydrogen-bond acceptors (Lipinski definition) is 1. The molecular weight excluding hydrogens is 198 g/mol. The summed E-state index contributed by atoms with van der Waals surface area (Å²) in [6.45, 7) is 0. The van der Waals surface area contributed by atoms with Crippen LogP contribution in [-0.2, 0) is 4.79 Å². The Bertz CT molecular complexity index is 387. The molecule has 2 fully saturated rings. The van der Waals surface area contributed by atoms with Crippen LogP contribution in [0.3, 0.4) is 0 Å². The second-order valence-corrected chi connectivity index (χ2v) is 5.01. The average molecular weight is 215 g/mol. The van der Waals surface area contributed by atoms with Crippen LogP contribution in [0.4, 0.5) is 0 Å². The maximum atomic E-state index is 11.5. The minimum absolute atomic E-state index is 0.248. The van der Waals surface area contributed by atoms with Crippen LogP contribution in [0.25, 0.3) is 0 Å². The molecule has 1 aliphatic heterocycles. The standard InChI is InChI=1S/C14H17NO/c16-13-9-11-7-4-8-12(14(11)15-13)10-5-2-1-3-6-10/h1-3,5-6,11-12,14H,4,7-9H2,(H,15,16)/t11-,12+,14+/m1/s1. The molecule has 1 amide bonds. The number of benzene rings is 1. The van der Waals surface area contributed by atoms with Gasteiger partial charge in [-0.3, -0.25) is 4.79 Å². The van der Waals surface area contributed by atoms with Gasteiger partial charge in [0.05, 0.1) is 0 Å². The summed E-state index contributed by atoms with van der Waals surface area (Å²) >= 11 is 0. The highest BCUT2D eigenvalue weighted by Gasteiger charge is 2.40. The molecule has 3 rings (SSSR count). The van der Waals surface area contributed by atoms with E-state index in [-0.39, 0.29) is 5.91 Å². The van der Waals surface area contributed by atoms with Crippen molar-refractivity contribution in [3.8, 4) is 0 Å². The van der Waals surface area contributed by atoms with E-state index in [9.17, 15) is 4.79 Å². The number of carbonyl (C=O) groups is 1. The van der Waals surface area contributed by atoms with Crippen LogP contribution in [-0.4, -0.2) is 11.9 Å². The van der Waals surface area contributed by atoms with Crippen molar-refractivity contribution in [1.29, 1.82) is 0 Å². The van der Waals surface area contributed by atoms with Crippen LogP contribution in [0.2, 0.25) is 0 Å². The van der Waals surface area contributed by atoms with Gasteiger partial charge in [0.1, 0.15) is 0 Å². The van der Waals surface area contributed by atoms with Crippen molar-refractivity contribution < 1.29 is 4.79 Å². The molecule has 2 nitrogen and oxygen atoms in total. The van der Waals surface area contributed by atoms with E-state index in [0.29, 0.717) is 17.9 Å². The molecule has 1 aliphatic carbocycles. The molecule has 1 saturated carbocycles. The topological polar surface area (TPSA) is 29.1 Å². The predicted octanol–water partition coefficient (Wildman–Crippen LogP) is 2.46. The Morgan fingerprint density at radius 1 is 1.12 bits per heavy atom. The highest BCUT2D eigenvalue weighted by atomic mass is 16.2. The van der Waals surface area contributed by atoms with Gasteiger partial charge in [-0.15, -0.1) is 0 Å². The van der Waals surface area contributed by atoms with E-state index in [4.69, 9.17) is 0 Å². The van der Waals surface area contributed by atoms with Crippen molar-refractivity contribution in [2.75, 3.05) is 0 Å². The largest absolute Gasteiger partial charge is 0.352 e. The molecule has 1 heterocycles. The number of carbonyl (C=O) groups excluding carboxylic acids is 1. The molecule has 0 unspecified atom stereocenters. The van der Waals surface area contributed by atoms with E-state index in [0.717, 1.165) is 6.42 Å². The molecule has 16 heavy (non-hydrogen) atoms. The molecule has 2 heteroatoms. The summed E-state index contributed by atoms with van der Waals surface area (Å²) in [6, 6.07) is 11.0. The Morgan fingerprint density at radius 2 is 1.94 bits per heavy atom. The molecule has 0 bridgehead atoms. The lowest BCUT2D eigenvalue weighted by molar-refractivity contribution is -0.119. The third-order valence-electron chi connectivity index (χ3n) is 4.03. The number of hydrogen-bond donors (Lipinski definition) is 1. The third-order valence-corrected chi connectivity index (χ3v) is 4.03. The van der Waals surface area contributed by atoms with E-state index in [2.05, 4.69) is 35.6 Å². The quantitative estimate of drug-likeness (QED) is 0.766. The van der Waals surface area contributed by atoms with Crippen molar-refractivity contribution in [2.45, 2.75) is 37.6 Å². The average Bonchev–Trinajstić information content (AvgIpc) is 2.70. The Kier molecular flexibility index (Phi) is 2.43. The van der Waals surface area contributed by atoms with E-state index in [1.807, 2.05) is 0 Å². The van der Waals surface area contributed by atoms with E-state index >= 15 is 0 Å². The van der Waals surface area contributed by atoms with Gasteiger partial charge in [-0.2, -0.15) is 0 Å². The highest BCUT2D eigenvalue weighted by Crippen LogP contribution is 2.40. The first-order valence-corrected chi connectivity index (χ1v) is 6.19. The Hall–Kier alpha value is -1.31. The van der Waals surface area contributed by atoms with Gasteiger partial charge >= 0.3 is 0 Å². The summed E-state index contributed by atoms with van der Waals surface area (Å²) in [5, 5.41) is 3.17. The van der Waals surface area contributed by atoms with Gasteiger partial charge in [-0.1, -0.05) is 36.8 Å². The minimum atomic E-state index is 0.248. The summed E-state index contributed by atoms with van der Waals surface area (Å²) in [5.41, 5.74) is 1.39. The lowest BCUT2D eigenvalue weighted by atomic mass is 9.75. The van der Waals surface area contributed by atoms with Crippen molar-refractivity contribution in [2.24, 2.45) is 5.92 Å². The fraction of sp³-hybridized carbons (Fsp3) is 0.500. The summed E-state index contributed by atoms with van der Waals surface area (Å²) in [7, 11) is 0.